The van der Waals surface area contributed by atoms with Crippen LogP contribution in [0.15, 0.2) is 59.5 Å². The third-order valence-electron chi connectivity index (χ3n) is 6.30. The van der Waals surface area contributed by atoms with Crippen molar-refractivity contribution in [1.82, 2.24) is 4.31 Å². The summed E-state index contributed by atoms with van der Waals surface area (Å²) in [5.41, 5.74) is 2.11. The summed E-state index contributed by atoms with van der Waals surface area (Å²) in [6, 6.07) is 17.8. The van der Waals surface area contributed by atoms with E-state index in [1.165, 1.54) is 12.0 Å². The van der Waals surface area contributed by atoms with Gasteiger partial charge in [0.1, 0.15) is 0 Å². The van der Waals surface area contributed by atoms with Gasteiger partial charge in [-0.05, 0) is 43.9 Å². The second kappa shape index (κ2) is 6.82. The third-order valence-corrected chi connectivity index (χ3v) is 8.29. The highest BCUT2D eigenvalue weighted by Crippen LogP contribution is 2.52. The first-order valence-corrected chi connectivity index (χ1v) is 11.1. The molecule has 1 heterocycles. The van der Waals surface area contributed by atoms with Crippen LogP contribution in [-0.4, -0.2) is 24.8 Å². The van der Waals surface area contributed by atoms with E-state index < -0.39 is 10.0 Å². The Bertz CT molecular complexity index is 853. The maximum Gasteiger partial charge on any atom is 0.243 e. The number of nitrogens with zero attached hydrogens (tertiary/aromatic N) is 1. The fraction of sp³-hybridized carbons (Fsp3) is 0.455. The lowest BCUT2D eigenvalue weighted by molar-refractivity contribution is 0.153. The van der Waals surface area contributed by atoms with E-state index in [0.717, 1.165) is 37.7 Å². The molecule has 138 valence electrons. The molecule has 0 aromatic heterocycles. The van der Waals surface area contributed by atoms with Crippen LogP contribution < -0.4 is 0 Å². The summed E-state index contributed by atoms with van der Waals surface area (Å²) < 4.78 is 28.9. The second-order valence-corrected chi connectivity index (χ2v) is 9.67. The molecule has 0 unspecified atom stereocenters. The third kappa shape index (κ3) is 2.89. The summed E-state index contributed by atoms with van der Waals surface area (Å²) in [6.45, 7) is 2.61. The molecule has 2 fully saturated rings. The minimum absolute atomic E-state index is 0.261. The summed E-state index contributed by atoms with van der Waals surface area (Å²) in [7, 11) is -3.47. The maximum absolute atomic E-state index is 13.5. The van der Waals surface area contributed by atoms with E-state index >= 15 is 0 Å². The summed E-state index contributed by atoms with van der Waals surface area (Å²) in [4.78, 5) is 0.432. The Balaban J connectivity index is 1.77. The molecule has 0 bridgehead atoms. The number of hydrogen-bond acceptors (Lipinski definition) is 2. The Morgan fingerprint density at radius 2 is 1.58 bits per heavy atom. The fourth-order valence-corrected chi connectivity index (χ4v) is 6.90. The molecule has 4 rings (SSSR count). The smallest absolute Gasteiger partial charge is 0.207 e. The SMILES string of the molecule is Cc1ccc(S(=O)(=O)N2CC[C@@H](c3ccccc3)C23CCCCC3)cc1. The van der Waals surface area contributed by atoms with Gasteiger partial charge < -0.3 is 0 Å². The predicted molar refractivity (Wildman–Crippen MR) is 105 cm³/mol. The normalized spacial score (nSPS) is 23.3. The van der Waals surface area contributed by atoms with E-state index in [4.69, 9.17) is 0 Å². The molecule has 0 radical (unpaired) electrons. The molecular weight excluding hydrogens is 342 g/mol. The molecule has 1 aliphatic heterocycles. The Labute approximate surface area is 157 Å². The van der Waals surface area contributed by atoms with Crippen molar-refractivity contribution < 1.29 is 8.42 Å². The zero-order valence-electron chi connectivity index (χ0n) is 15.4. The molecule has 3 nitrogen and oxygen atoms in total. The van der Waals surface area contributed by atoms with Crippen molar-refractivity contribution in [2.75, 3.05) is 6.54 Å². The lowest BCUT2D eigenvalue weighted by atomic mass is 9.71. The molecule has 2 aliphatic rings. The molecule has 2 aromatic rings. The van der Waals surface area contributed by atoms with Crippen molar-refractivity contribution in [2.24, 2.45) is 0 Å². The number of aryl methyl sites for hydroxylation is 1. The van der Waals surface area contributed by atoms with E-state index in [2.05, 4.69) is 24.3 Å². The summed E-state index contributed by atoms with van der Waals surface area (Å²) in [5, 5.41) is 0. The number of hydrogen-bond donors (Lipinski definition) is 0. The Hall–Kier alpha value is -1.65. The van der Waals surface area contributed by atoms with Gasteiger partial charge in [-0.1, -0.05) is 67.3 Å². The van der Waals surface area contributed by atoms with Crippen molar-refractivity contribution >= 4 is 10.0 Å². The van der Waals surface area contributed by atoms with Gasteiger partial charge in [-0.3, -0.25) is 0 Å². The standard InChI is InChI=1S/C22H27NO2S/c1-18-10-12-20(13-11-18)26(24,25)23-17-14-21(19-8-4-2-5-9-19)22(23)15-6-3-7-16-22/h2,4-5,8-13,21H,3,6-7,14-17H2,1H3/t21-/m0/s1. The molecule has 1 atom stereocenters. The van der Waals surface area contributed by atoms with E-state index in [9.17, 15) is 8.42 Å². The van der Waals surface area contributed by atoms with E-state index in [-0.39, 0.29) is 5.54 Å². The van der Waals surface area contributed by atoms with Crippen LogP contribution in [0.2, 0.25) is 0 Å². The molecule has 1 saturated heterocycles. The highest BCUT2D eigenvalue weighted by Gasteiger charge is 2.54. The molecule has 0 N–H and O–H groups in total. The fourth-order valence-electron chi connectivity index (χ4n) is 5.03. The maximum atomic E-state index is 13.5. The van der Waals surface area contributed by atoms with Gasteiger partial charge >= 0.3 is 0 Å². The molecule has 1 saturated carbocycles. The summed E-state index contributed by atoms with van der Waals surface area (Å²) in [6.07, 6.45) is 6.29. The van der Waals surface area contributed by atoms with E-state index in [1.54, 1.807) is 12.1 Å². The number of benzene rings is 2. The van der Waals surface area contributed by atoms with Gasteiger partial charge in [0.05, 0.1) is 4.90 Å². The van der Waals surface area contributed by atoms with Crippen LogP contribution in [0.25, 0.3) is 0 Å². The first kappa shape index (κ1) is 17.7. The highest BCUT2D eigenvalue weighted by molar-refractivity contribution is 7.89. The van der Waals surface area contributed by atoms with Crippen LogP contribution in [0.3, 0.4) is 0 Å². The van der Waals surface area contributed by atoms with Crippen LogP contribution in [0, 0.1) is 6.92 Å². The number of sulfonamides is 1. The van der Waals surface area contributed by atoms with Gasteiger partial charge in [0.15, 0.2) is 0 Å². The van der Waals surface area contributed by atoms with Gasteiger partial charge in [-0.2, -0.15) is 4.31 Å². The lowest BCUT2D eigenvalue weighted by Crippen LogP contribution is -2.51. The average molecular weight is 370 g/mol. The van der Waals surface area contributed by atoms with Crippen LogP contribution in [0.1, 0.15) is 55.6 Å². The van der Waals surface area contributed by atoms with Crippen molar-refractivity contribution in [1.29, 1.82) is 0 Å². The Morgan fingerprint density at radius 1 is 0.923 bits per heavy atom. The average Bonchev–Trinajstić information content (AvgIpc) is 3.02. The minimum atomic E-state index is -3.47. The Morgan fingerprint density at radius 3 is 2.23 bits per heavy atom. The van der Waals surface area contributed by atoms with E-state index in [0.29, 0.717) is 17.4 Å². The highest BCUT2D eigenvalue weighted by atomic mass is 32.2. The van der Waals surface area contributed by atoms with Gasteiger partial charge in [0.25, 0.3) is 0 Å². The van der Waals surface area contributed by atoms with Crippen LogP contribution in [0.5, 0.6) is 0 Å². The molecular formula is C22H27NO2S. The molecule has 2 aromatic carbocycles. The molecule has 4 heteroatoms. The van der Waals surface area contributed by atoms with Crippen LogP contribution in [-0.2, 0) is 10.0 Å². The summed E-state index contributed by atoms with van der Waals surface area (Å²) in [5.74, 6) is 0.296. The second-order valence-electron chi connectivity index (χ2n) is 7.81. The van der Waals surface area contributed by atoms with Crippen molar-refractivity contribution in [3.63, 3.8) is 0 Å². The van der Waals surface area contributed by atoms with Crippen molar-refractivity contribution in [3.8, 4) is 0 Å². The quantitative estimate of drug-likeness (QED) is 0.773. The van der Waals surface area contributed by atoms with Crippen LogP contribution in [0.4, 0.5) is 0 Å². The minimum Gasteiger partial charge on any atom is -0.207 e. The van der Waals surface area contributed by atoms with Gasteiger partial charge in [-0.25, -0.2) is 8.42 Å². The number of rotatable bonds is 3. The van der Waals surface area contributed by atoms with Crippen molar-refractivity contribution in [2.45, 2.75) is 61.8 Å². The predicted octanol–water partition coefficient (Wildman–Crippen LogP) is 4.88. The largest absolute Gasteiger partial charge is 0.243 e. The first-order chi connectivity index (χ1) is 12.5. The molecule has 0 amide bonds. The van der Waals surface area contributed by atoms with Crippen LogP contribution >= 0.6 is 0 Å². The molecule has 1 aliphatic carbocycles. The Kier molecular flexibility index (Phi) is 4.66. The lowest BCUT2D eigenvalue weighted by Gasteiger charge is -2.44. The van der Waals surface area contributed by atoms with Gasteiger partial charge in [0, 0.05) is 18.0 Å². The van der Waals surface area contributed by atoms with E-state index in [1.807, 2.05) is 29.4 Å². The van der Waals surface area contributed by atoms with Gasteiger partial charge in [-0.15, -0.1) is 0 Å². The van der Waals surface area contributed by atoms with Crippen molar-refractivity contribution in [3.05, 3.63) is 65.7 Å². The molecule has 1 spiro atoms. The zero-order valence-corrected chi connectivity index (χ0v) is 16.2. The first-order valence-electron chi connectivity index (χ1n) is 9.68. The summed E-state index contributed by atoms with van der Waals surface area (Å²) >= 11 is 0. The monoisotopic (exact) mass is 369 g/mol. The topological polar surface area (TPSA) is 37.4 Å². The molecule has 26 heavy (non-hydrogen) atoms. The van der Waals surface area contributed by atoms with Gasteiger partial charge in [0.2, 0.25) is 10.0 Å². The zero-order chi connectivity index (χ0) is 18.2.